The molecule has 1 aliphatic carbocycles. The number of thiophene rings is 1. The van der Waals surface area contributed by atoms with Gasteiger partial charge in [-0.15, -0.1) is 11.3 Å². The van der Waals surface area contributed by atoms with Crippen LogP contribution in [0, 0.1) is 5.92 Å². The molecule has 1 aromatic rings. The third-order valence-electron chi connectivity index (χ3n) is 4.82. The molecule has 0 bridgehead atoms. The highest BCUT2D eigenvalue weighted by Crippen LogP contribution is 2.33. The van der Waals surface area contributed by atoms with Gasteiger partial charge in [0.05, 0.1) is 12.6 Å². The standard InChI is InChI=1S/C16H24N2OS/c1-2-11-7-8-20-15(11)10-17-16(19)14-9-12-5-3-4-6-13(12)18-14/h7-8,12-14,18H,2-6,9-10H2,1H3,(H,17,19). The van der Waals surface area contributed by atoms with Crippen LogP contribution in [-0.4, -0.2) is 18.0 Å². The van der Waals surface area contributed by atoms with Crippen LogP contribution in [0.5, 0.6) is 0 Å². The lowest BCUT2D eigenvalue weighted by atomic mass is 9.85. The molecule has 1 amide bonds. The van der Waals surface area contributed by atoms with Crippen LogP contribution in [0.25, 0.3) is 0 Å². The summed E-state index contributed by atoms with van der Waals surface area (Å²) < 4.78 is 0. The maximum Gasteiger partial charge on any atom is 0.237 e. The van der Waals surface area contributed by atoms with Gasteiger partial charge in [0, 0.05) is 10.9 Å². The quantitative estimate of drug-likeness (QED) is 0.896. The monoisotopic (exact) mass is 292 g/mol. The van der Waals surface area contributed by atoms with Gasteiger partial charge in [-0.25, -0.2) is 0 Å². The van der Waals surface area contributed by atoms with Crippen molar-refractivity contribution in [1.29, 1.82) is 0 Å². The van der Waals surface area contributed by atoms with Crippen LogP contribution in [0.3, 0.4) is 0 Å². The SMILES string of the molecule is CCc1ccsc1CNC(=O)C1CC2CCCCC2N1. The molecule has 20 heavy (non-hydrogen) atoms. The summed E-state index contributed by atoms with van der Waals surface area (Å²) in [6.07, 6.45) is 7.28. The third kappa shape index (κ3) is 2.91. The molecule has 2 fully saturated rings. The number of carbonyl (C=O) groups is 1. The molecular formula is C16H24N2OS. The van der Waals surface area contributed by atoms with Gasteiger partial charge in [-0.2, -0.15) is 0 Å². The fraction of sp³-hybridized carbons (Fsp3) is 0.688. The Bertz CT molecular complexity index is 457. The van der Waals surface area contributed by atoms with Crippen molar-refractivity contribution < 1.29 is 4.79 Å². The van der Waals surface area contributed by atoms with Gasteiger partial charge in [0.25, 0.3) is 0 Å². The summed E-state index contributed by atoms with van der Waals surface area (Å²) in [6.45, 7) is 2.85. The van der Waals surface area contributed by atoms with Crippen LogP contribution in [0.1, 0.15) is 49.5 Å². The predicted octanol–water partition coefficient (Wildman–Crippen LogP) is 2.85. The minimum atomic E-state index is 0.0353. The predicted molar refractivity (Wildman–Crippen MR) is 82.8 cm³/mol. The van der Waals surface area contributed by atoms with E-state index in [2.05, 4.69) is 29.0 Å². The molecule has 3 nitrogen and oxygen atoms in total. The second-order valence-corrected chi connectivity index (χ2v) is 7.05. The number of amides is 1. The first-order valence-electron chi connectivity index (χ1n) is 7.87. The Morgan fingerprint density at radius 1 is 1.45 bits per heavy atom. The average molecular weight is 292 g/mol. The molecule has 110 valence electrons. The Morgan fingerprint density at radius 2 is 2.30 bits per heavy atom. The summed E-state index contributed by atoms with van der Waals surface area (Å²) in [5, 5.41) is 8.78. The van der Waals surface area contributed by atoms with Crippen LogP contribution in [-0.2, 0) is 17.8 Å². The number of hydrogen-bond donors (Lipinski definition) is 2. The van der Waals surface area contributed by atoms with E-state index < -0.39 is 0 Å². The largest absolute Gasteiger partial charge is 0.350 e. The zero-order chi connectivity index (χ0) is 13.9. The van der Waals surface area contributed by atoms with E-state index in [4.69, 9.17) is 0 Å². The minimum Gasteiger partial charge on any atom is -0.350 e. The molecule has 4 heteroatoms. The van der Waals surface area contributed by atoms with E-state index >= 15 is 0 Å². The van der Waals surface area contributed by atoms with Gasteiger partial charge in [0.2, 0.25) is 5.91 Å². The maximum absolute atomic E-state index is 12.3. The molecule has 1 saturated heterocycles. The summed E-state index contributed by atoms with van der Waals surface area (Å²) in [7, 11) is 0. The van der Waals surface area contributed by atoms with Crippen LogP contribution < -0.4 is 10.6 Å². The first-order valence-corrected chi connectivity index (χ1v) is 8.75. The molecule has 3 rings (SSSR count). The first kappa shape index (κ1) is 14.1. The second-order valence-electron chi connectivity index (χ2n) is 6.05. The molecule has 3 unspecified atom stereocenters. The van der Waals surface area contributed by atoms with Gasteiger partial charge < -0.3 is 10.6 Å². The maximum atomic E-state index is 12.3. The highest BCUT2D eigenvalue weighted by Gasteiger charge is 2.37. The first-order chi connectivity index (χ1) is 9.78. The Balaban J connectivity index is 1.52. The summed E-state index contributed by atoms with van der Waals surface area (Å²) in [5.74, 6) is 0.919. The zero-order valence-electron chi connectivity index (χ0n) is 12.2. The topological polar surface area (TPSA) is 41.1 Å². The van der Waals surface area contributed by atoms with Gasteiger partial charge in [-0.1, -0.05) is 19.8 Å². The molecule has 0 aromatic carbocycles. The summed E-state index contributed by atoms with van der Waals surface area (Å²) >= 11 is 1.74. The van der Waals surface area contributed by atoms with Crippen LogP contribution >= 0.6 is 11.3 Å². The van der Waals surface area contributed by atoms with Crippen molar-refractivity contribution in [1.82, 2.24) is 10.6 Å². The lowest BCUT2D eigenvalue weighted by Crippen LogP contribution is -2.42. The van der Waals surface area contributed by atoms with Gasteiger partial charge in [-0.3, -0.25) is 4.79 Å². The van der Waals surface area contributed by atoms with Crippen molar-refractivity contribution in [3.8, 4) is 0 Å². The van der Waals surface area contributed by atoms with Crippen LogP contribution in [0.4, 0.5) is 0 Å². The van der Waals surface area contributed by atoms with Gasteiger partial charge in [0.15, 0.2) is 0 Å². The Hall–Kier alpha value is -0.870. The van der Waals surface area contributed by atoms with Crippen LogP contribution in [0.2, 0.25) is 0 Å². The van der Waals surface area contributed by atoms with E-state index in [1.54, 1.807) is 11.3 Å². The molecule has 3 atom stereocenters. The third-order valence-corrected chi connectivity index (χ3v) is 5.78. The fourth-order valence-electron chi connectivity index (χ4n) is 3.65. The molecule has 2 N–H and O–H groups in total. The minimum absolute atomic E-state index is 0.0353. The van der Waals surface area contributed by atoms with Gasteiger partial charge in [0.1, 0.15) is 0 Å². The number of fused-ring (bicyclic) bond motifs is 1. The number of rotatable bonds is 4. The van der Waals surface area contributed by atoms with Crippen molar-refractivity contribution in [2.24, 2.45) is 5.92 Å². The highest BCUT2D eigenvalue weighted by molar-refractivity contribution is 7.10. The van der Waals surface area contributed by atoms with Crippen molar-refractivity contribution >= 4 is 17.2 Å². The van der Waals surface area contributed by atoms with E-state index in [1.165, 1.54) is 36.1 Å². The molecule has 1 saturated carbocycles. The Kier molecular flexibility index (Phi) is 4.41. The van der Waals surface area contributed by atoms with Gasteiger partial charge in [-0.05, 0) is 48.6 Å². The number of carbonyl (C=O) groups excluding carboxylic acids is 1. The van der Waals surface area contributed by atoms with E-state index in [0.29, 0.717) is 12.6 Å². The van der Waals surface area contributed by atoms with E-state index in [0.717, 1.165) is 18.8 Å². The summed E-state index contributed by atoms with van der Waals surface area (Å²) in [6, 6.07) is 2.79. The van der Waals surface area contributed by atoms with Crippen molar-refractivity contribution in [2.45, 2.75) is 64.1 Å². The van der Waals surface area contributed by atoms with E-state index in [-0.39, 0.29) is 11.9 Å². The molecule has 0 spiro atoms. The Labute approximate surface area is 125 Å². The van der Waals surface area contributed by atoms with Crippen molar-refractivity contribution in [3.05, 3.63) is 21.9 Å². The Morgan fingerprint density at radius 3 is 3.10 bits per heavy atom. The molecule has 0 radical (unpaired) electrons. The normalized spacial score (nSPS) is 29.1. The lowest BCUT2D eigenvalue weighted by molar-refractivity contribution is -0.123. The smallest absolute Gasteiger partial charge is 0.237 e. The highest BCUT2D eigenvalue weighted by atomic mass is 32.1. The molecular weight excluding hydrogens is 268 g/mol. The molecule has 1 aromatic heterocycles. The number of nitrogens with one attached hydrogen (secondary N) is 2. The average Bonchev–Trinajstić information content (AvgIpc) is 3.10. The second kappa shape index (κ2) is 6.27. The van der Waals surface area contributed by atoms with Crippen molar-refractivity contribution in [2.75, 3.05) is 0 Å². The molecule has 2 aliphatic rings. The fourth-order valence-corrected chi connectivity index (χ4v) is 4.56. The number of hydrogen-bond acceptors (Lipinski definition) is 3. The molecule has 1 aliphatic heterocycles. The van der Waals surface area contributed by atoms with Crippen molar-refractivity contribution in [3.63, 3.8) is 0 Å². The zero-order valence-corrected chi connectivity index (χ0v) is 13.0. The summed E-state index contributed by atoms with van der Waals surface area (Å²) in [4.78, 5) is 13.6. The van der Waals surface area contributed by atoms with Gasteiger partial charge >= 0.3 is 0 Å². The lowest BCUT2D eigenvalue weighted by Gasteiger charge is -2.24. The van der Waals surface area contributed by atoms with E-state index in [9.17, 15) is 4.79 Å². The number of aryl methyl sites for hydroxylation is 1. The van der Waals surface area contributed by atoms with E-state index in [1.807, 2.05) is 0 Å². The molecule has 2 heterocycles. The van der Waals surface area contributed by atoms with Crippen LogP contribution in [0.15, 0.2) is 11.4 Å². The summed E-state index contributed by atoms with van der Waals surface area (Å²) in [5.41, 5.74) is 1.36.